The van der Waals surface area contributed by atoms with E-state index in [9.17, 15) is 15.0 Å². The maximum absolute atomic E-state index is 12.5. The molecule has 5 heteroatoms. The number of carbonyl (C=O) groups is 1. The summed E-state index contributed by atoms with van der Waals surface area (Å²) in [5.74, 6) is -0.521. The number of phenolic OH excluding ortho intramolecular Hbond substituents is 2. The average Bonchev–Trinajstić information content (AvgIpc) is 2.47. The van der Waals surface area contributed by atoms with Crippen molar-refractivity contribution in [3.63, 3.8) is 0 Å². The first-order valence-electron chi connectivity index (χ1n) is 7.11. The Bertz CT molecular complexity index is 476. The molecule has 0 aromatic heterocycles. The van der Waals surface area contributed by atoms with Crippen molar-refractivity contribution in [1.29, 1.82) is 0 Å². The van der Waals surface area contributed by atoms with E-state index in [0.29, 0.717) is 5.56 Å². The van der Waals surface area contributed by atoms with E-state index in [1.165, 1.54) is 12.1 Å². The van der Waals surface area contributed by atoms with Crippen LogP contribution in [-0.2, 0) is 0 Å². The molecule has 1 atom stereocenters. The molecule has 110 valence electrons. The van der Waals surface area contributed by atoms with Crippen LogP contribution in [0.2, 0.25) is 0 Å². The van der Waals surface area contributed by atoms with Gasteiger partial charge in [0.2, 0.25) is 0 Å². The summed E-state index contributed by atoms with van der Waals surface area (Å²) >= 11 is 0. The van der Waals surface area contributed by atoms with Crippen LogP contribution in [0.1, 0.15) is 36.0 Å². The summed E-state index contributed by atoms with van der Waals surface area (Å²) < 4.78 is 0. The summed E-state index contributed by atoms with van der Waals surface area (Å²) in [6, 6.07) is 4.50. The highest BCUT2D eigenvalue weighted by atomic mass is 16.3. The molecule has 0 aliphatic carbocycles. The maximum atomic E-state index is 12.5. The van der Waals surface area contributed by atoms with Crippen LogP contribution in [0.15, 0.2) is 18.2 Å². The third-order valence-electron chi connectivity index (χ3n) is 3.84. The molecule has 1 amide bonds. The minimum absolute atomic E-state index is 0.0684. The van der Waals surface area contributed by atoms with E-state index < -0.39 is 0 Å². The van der Waals surface area contributed by atoms with Crippen LogP contribution < -0.4 is 5.32 Å². The van der Waals surface area contributed by atoms with Crippen LogP contribution in [0.4, 0.5) is 0 Å². The number of piperidine rings is 1. The predicted octanol–water partition coefficient (Wildman–Crippen LogP) is 1.70. The third kappa shape index (κ3) is 3.22. The molecule has 1 aromatic carbocycles. The Morgan fingerprint density at radius 2 is 2.15 bits per heavy atom. The Kier molecular flexibility index (Phi) is 4.84. The molecular formula is C15H22N2O3. The van der Waals surface area contributed by atoms with Gasteiger partial charge < -0.3 is 20.4 Å². The first-order chi connectivity index (χ1) is 9.63. The van der Waals surface area contributed by atoms with E-state index in [4.69, 9.17) is 0 Å². The SMILES string of the molecule is CNCCC1CCCCN1C(=O)c1ccc(O)c(O)c1. The van der Waals surface area contributed by atoms with Crippen molar-refractivity contribution in [3.05, 3.63) is 23.8 Å². The number of nitrogens with one attached hydrogen (secondary N) is 1. The number of rotatable bonds is 4. The second-order valence-electron chi connectivity index (χ2n) is 5.24. The largest absolute Gasteiger partial charge is 0.504 e. The quantitative estimate of drug-likeness (QED) is 0.733. The minimum Gasteiger partial charge on any atom is -0.504 e. The van der Waals surface area contributed by atoms with E-state index >= 15 is 0 Å². The molecule has 3 N–H and O–H groups in total. The zero-order valence-electron chi connectivity index (χ0n) is 11.8. The number of phenols is 2. The molecular weight excluding hydrogens is 256 g/mol. The van der Waals surface area contributed by atoms with Crippen molar-refractivity contribution in [2.75, 3.05) is 20.1 Å². The van der Waals surface area contributed by atoms with Crippen molar-refractivity contribution in [1.82, 2.24) is 10.2 Å². The predicted molar refractivity (Wildman–Crippen MR) is 77.0 cm³/mol. The number of benzene rings is 1. The molecule has 0 radical (unpaired) electrons. The number of hydrogen-bond donors (Lipinski definition) is 3. The van der Waals surface area contributed by atoms with Gasteiger partial charge in [-0.15, -0.1) is 0 Å². The lowest BCUT2D eigenvalue weighted by Gasteiger charge is -2.36. The Morgan fingerprint density at radius 3 is 2.85 bits per heavy atom. The molecule has 1 aliphatic rings. The zero-order chi connectivity index (χ0) is 14.5. The minimum atomic E-state index is -0.250. The van der Waals surface area contributed by atoms with E-state index in [0.717, 1.165) is 38.8 Å². The normalized spacial score (nSPS) is 19.1. The summed E-state index contributed by atoms with van der Waals surface area (Å²) in [5, 5.41) is 22.0. The second-order valence-corrected chi connectivity index (χ2v) is 5.24. The highest BCUT2D eigenvalue weighted by Gasteiger charge is 2.27. The van der Waals surface area contributed by atoms with Gasteiger partial charge >= 0.3 is 0 Å². The fourth-order valence-corrected chi connectivity index (χ4v) is 2.70. The van der Waals surface area contributed by atoms with Gasteiger partial charge in [0.05, 0.1) is 0 Å². The molecule has 1 aromatic rings. The molecule has 1 saturated heterocycles. The molecule has 1 heterocycles. The molecule has 1 fully saturated rings. The first-order valence-corrected chi connectivity index (χ1v) is 7.11. The summed E-state index contributed by atoms with van der Waals surface area (Å²) in [5.41, 5.74) is 0.427. The molecule has 5 nitrogen and oxygen atoms in total. The fraction of sp³-hybridized carbons (Fsp3) is 0.533. The highest BCUT2D eigenvalue weighted by molar-refractivity contribution is 5.95. The Hall–Kier alpha value is -1.75. The van der Waals surface area contributed by atoms with Gasteiger partial charge in [-0.25, -0.2) is 0 Å². The van der Waals surface area contributed by atoms with E-state index in [2.05, 4.69) is 5.32 Å². The molecule has 20 heavy (non-hydrogen) atoms. The van der Waals surface area contributed by atoms with Gasteiger partial charge in [-0.3, -0.25) is 4.79 Å². The Morgan fingerprint density at radius 1 is 1.35 bits per heavy atom. The monoisotopic (exact) mass is 278 g/mol. The Balaban J connectivity index is 2.14. The lowest BCUT2D eigenvalue weighted by atomic mass is 9.98. The van der Waals surface area contributed by atoms with Crippen LogP contribution in [0.3, 0.4) is 0 Å². The molecule has 0 saturated carbocycles. The topological polar surface area (TPSA) is 72.8 Å². The lowest BCUT2D eigenvalue weighted by Crippen LogP contribution is -2.44. The van der Waals surface area contributed by atoms with E-state index in [1.807, 2.05) is 11.9 Å². The standard InChI is InChI=1S/C15H22N2O3/c1-16-8-7-12-4-2-3-9-17(12)15(20)11-5-6-13(18)14(19)10-11/h5-6,10,12,16,18-19H,2-4,7-9H2,1H3. The smallest absolute Gasteiger partial charge is 0.254 e. The molecule has 0 bridgehead atoms. The summed E-state index contributed by atoms with van der Waals surface area (Å²) in [4.78, 5) is 14.4. The molecule has 2 rings (SSSR count). The molecule has 1 aliphatic heterocycles. The van der Waals surface area contributed by atoms with Crippen molar-refractivity contribution in [2.24, 2.45) is 0 Å². The first kappa shape index (κ1) is 14.7. The second kappa shape index (κ2) is 6.61. The van der Waals surface area contributed by atoms with Crippen molar-refractivity contribution >= 4 is 5.91 Å². The highest BCUT2D eigenvalue weighted by Crippen LogP contribution is 2.27. The number of nitrogens with zero attached hydrogens (tertiary/aromatic N) is 1. The number of hydrogen-bond acceptors (Lipinski definition) is 4. The van der Waals surface area contributed by atoms with E-state index in [1.54, 1.807) is 6.07 Å². The number of amides is 1. The summed E-state index contributed by atoms with van der Waals surface area (Å²) in [7, 11) is 1.91. The lowest BCUT2D eigenvalue weighted by molar-refractivity contribution is 0.0602. The van der Waals surface area contributed by atoms with Gasteiger partial charge in [-0.1, -0.05) is 0 Å². The van der Waals surface area contributed by atoms with Crippen molar-refractivity contribution in [3.8, 4) is 11.5 Å². The summed E-state index contributed by atoms with van der Waals surface area (Å²) in [6.07, 6.45) is 4.13. The van der Waals surface area contributed by atoms with Gasteiger partial charge in [0.15, 0.2) is 11.5 Å². The van der Waals surface area contributed by atoms with Crippen LogP contribution >= 0.6 is 0 Å². The number of carbonyl (C=O) groups excluding carboxylic acids is 1. The Labute approximate surface area is 119 Å². The average molecular weight is 278 g/mol. The fourth-order valence-electron chi connectivity index (χ4n) is 2.70. The summed E-state index contributed by atoms with van der Waals surface area (Å²) in [6.45, 7) is 1.64. The van der Waals surface area contributed by atoms with Gasteiger partial charge in [0, 0.05) is 18.2 Å². The molecule has 0 spiro atoms. The van der Waals surface area contributed by atoms with Gasteiger partial charge in [-0.2, -0.15) is 0 Å². The number of aromatic hydroxyl groups is 2. The molecule has 1 unspecified atom stereocenters. The van der Waals surface area contributed by atoms with Crippen LogP contribution in [0.25, 0.3) is 0 Å². The van der Waals surface area contributed by atoms with Crippen molar-refractivity contribution < 1.29 is 15.0 Å². The van der Waals surface area contributed by atoms with Gasteiger partial charge in [0.1, 0.15) is 0 Å². The maximum Gasteiger partial charge on any atom is 0.254 e. The third-order valence-corrected chi connectivity index (χ3v) is 3.84. The zero-order valence-corrected chi connectivity index (χ0v) is 11.8. The van der Waals surface area contributed by atoms with Crippen LogP contribution in [0.5, 0.6) is 11.5 Å². The number of likely N-dealkylation sites (tertiary alicyclic amines) is 1. The van der Waals surface area contributed by atoms with Gasteiger partial charge in [-0.05, 0) is 57.5 Å². The van der Waals surface area contributed by atoms with Crippen LogP contribution in [0, 0.1) is 0 Å². The van der Waals surface area contributed by atoms with E-state index in [-0.39, 0.29) is 23.4 Å². The van der Waals surface area contributed by atoms with Crippen LogP contribution in [-0.4, -0.2) is 47.2 Å². The van der Waals surface area contributed by atoms with Crippen molar-refractivity contribution in [2.45, 2.75) is 31.7 Å². The van der Waals surface area contributed by atoms with Gasteiger partial charge in [0.25, 0.3) is 5.91 Å².